The molecule has 1 heterocycles. The molecule has 1 fully saturated rings. The third-order valence-corrected chi connectivity index (χ3v) is 4.47. The van der Waals surface area contributed by atoms with E-state index < -0.39 is 5.60 Å². The van der Waals surface area contributed by atoms with Crippen LogP contribution < -0.4 is 4.74 Å². The van der Waals surface area contributed by atoms with Crippen LogP contribution in [0.25, 0.3) is 0 Å². The van der Waals surface area contributed by atoms with E-state index in [1.165, 1.54) is 11.1 Å². The third kappa shape index (κ3) is 4.72. The summed E-state index contributed by atoms with van der Waals surface area (Å²) in [5, 5.41) is 9.94. The molecule has 1 aromatic carbocycles. The molecule has 1 aliphatic heterocycles. The van der Waals surface area contributed by atoms with Gasteiger partial charge in [-0.05, 0) is 55.9 Å². The van der Waals surface area contributed by atoms with Gasteiger partial charge in [0.15, 0.2) is 0 Å². The van der Waals surface area contributed by atoms with E-state index in [0.717, 1.165) is 38.2 Å². The Morgan fingerprint density at radius 2 is 1.95 bits per heavy atom. The Morgan fingerprint density at radius 3 is 2.52 bits per heavy atom. The van der Waals surface area contributed by atoms with Crippen LogP contribution in [0, 0.1) is 6.92 Å². The van der Waals surface area contributed by atoms with Gasteiger partial charge in [0.25, 0.3) is 0 Å². The first-order valence-corrected chi connectivity index (χ1v) is 8.05. The minimum atomic E-state index is -0.471. The van der Waals surface area contributed by atoms with Crippen molar-refractivity contribution in [3.63, 3.8) is 0 Å². The second-order valence-corrected chi connectivity index (χ2v) is 6.86. The van der Waals surface area contributed by atoms with Crippen LogP contribution in [0.5, 0.6) is 5.75 Å². The number of ether oxygens (including phenoxy) is 1. The minimum Gasteiger partial charge on any atom is -0.492 e. The van der Waals surface area contributed by atoms with Crippen LogP contribution in [0.2, 0.25) is 0 Å². The van der Waals surface area contributed by atoms with E-state index in [2.05, 4.69) is 43.9 Å². The molecular weight excluding hydrogens is 262 g/mol. The van der Waals surface area contributed by atoms with Crippen LogP contribution in [0.3, 0.4) is 0 Å². The molecule has 0 amide bonds. The second-order valence-electron chi connectivity index (χ2n) is 6.86. The number of likely N-dealkylation sites (tertiary alicyclic amines) is 1. The summed E-state index contributed by atoms with van der Waals surface area (Å²) in [6.45, 7) is 12.1. The highest BCUT2D eigenvalue weighted by Gasteiger charge is 2.26. The maximum Gasteiger partial charge on any atom is 0.119 e. The molecule has 3 heteroatoms. The van der Waals surface area contributed by atoms with Crippen molar-refractivity contribution in [1.82, 2.24) is 4.90 Å². The summed E-state index contributed by atoms with van der Waals surface area (Å²) in [4.78, 5) is 2.37. The molecule has 0 radical (unpaired) electrons. The van der Waals surface area contributed by atoms with Gasteiger partial charge in [0, 0.05) is 19.6 Å². The fourth-order valence-electron chi connectivity index (χ4n) is 2.94. The summed E-state index contributed by atoms with van der Waals surface area (Å²) in [5.41, 5.74) is 2.22. The molecule has 21 heavy (non-hydrogen) atoms. The SMILES string of the molecule is Cc1cc(OCCN2CCC(C)(O)CC2)ccc1C(C)C. The predicted octanol–water partition coefficient (Wildman–Crippen LogP) is 3.34. The second kappa shape index (κ2) is 6.80. The summed E-state index contributed by atoms with van der Waals surface area (Å²) in [5.74, 6) is 1.51. The molecule has 0 aliphatic carbocycles. The first-order valence-electron chi connectivity index (χ1n) is 8.05. The van der Waals surface area contributed by atoms with Gasteiger partial charge in [-0.2, -0.15) is 0 Å². The number of hydrogen-bond acceptors (Lipinski definition) is 3. The van der Waals surface area contributed by atoms with E-state index in [0.29, 0.717) is 12.5 Å². The molecule has 0 saturated carbocycles. The minimum absolute atomic E-state index is 0.471. The molecule has 3 nitrogen and oxygen atoms in total. The van der Waals surface area contributed by atoms with Gasteiger partial charge < -0.3 is 9.84 Å². The van der Waals surface area contributed by atoms with E-state index in [-0.39, 0.29) is 0 Å². The maximum atomic E-state index is 9.94. The molecule has 0 unspecified atom stereocenters. The zero-order valence-electron chi connectivity index (χ0n) is 13.9. The fourth-order valence-corrected chi connectivity index (χ4v) is 2.94. The zero-order valence-corrected chi connectivity index (χ0v) is 13.9. The highest BCUT2D eigenvalue weighted by atomic mass is 16.5. The number of nitrogens with zero attached hydrogens (tertiary/aromatic N) is 1. The predicted molar refractivity (Wildman–Crippen MR) is 87.1 cm³/mol. The summed E-state index contributed by atoms with van der Waals surface area (Å²) in [7, 11) is 0. The van der Waals surface area contributed by atoms with Gasteiger partial charge in [-0.3, -0.25) is 4.90 Å². The van der Waals surface area contributed by atoms with Crippen molar-refractivity contribution in [3.05, 3.63) is 29.3 Å². The average molecular weight is 291 g/mol. The van der Waals surface area contributed by atoms with E-state index in [9.17, 15) is 5.11 Å². The molecule has 0 aromatic heterocycles. The van der Waals surface area contributed by atoms with Crippen LogP contribution in [0.1, 0.15) is 50.7 Å². The Labute approximate surface area is 128 Å². The largest absolute Gasteiger partial charge is 0.492 e. The molecule has 118 valence electrons. The lowest BCUT2D eigenvalue weighted by Crippen LogP contribution is -2.43. The third-order valence-electron chi connectivity index (χ3n) is 4.47. The summed E-state index contributed by atoms with van der Waals surface area (Å²) < 4.78 is 5.87. The first-order chi connectivity index (χ1) is 9.87. The number of benzene rings is 1. The van der Waals surface area contributed by atoms with Crippen LogP contribution in [-0.2, 0) is 0 Å². The number of piperidine rings is 1. The average Bonchev–Trinajstić information content (AvgIpc) is 2.40. The Morgan fingerprint density at radius 1 is 1.29 bits per heavy atom. The lowest BCUT2D eigenvalue weighted by atomic mass is 9.94. The molecule has 0 bridgehead atoms. The summed E-state index contributed by atoms with van der Waals surface area (Å²) in [6, 6.07) is 6.38. The zero-order chi connectivity index (χ0) is 15.5. The normalized spacial score (nSPS) is 19.0. The first kappa shape index (κ1) is 16.3. The molecule has 1 aromatic rings. The van der Waals surface area contributed by atoms with Crippen molar-refractivity contribution in [2.75, 3.05) is 26.2 Å². The van der Waals surface area contributed by atoms with Crippen molar-refractivity contribution >= 4 is 0 Å². The maximum absolute atomic E-state index is 9.94. The Balaban J connectivity index is 1.78. The highest BCUT2D eigenvalue weighted by molar-refractivity contribution is 5.36. The fraction of sp³-hybridized carbons (Fsp3) is 0.667. The lowest BCUT2D eigenvalue weighted by molar-refractivity contribution is -0.00768. The molecule has 1 saturated heterocycles. The molecule has 1 aliphatic rings. The molecule has 2 rings (SSSR count). The Kier molecular flexibility index (Phi) is 5.28. The van der Waals surface area contributed by atoms with Gasteiger partial charge >= 0.3 is 0 Å². The van der Waals surface area contributed by atoms with E-state index in [1.54, 1.807) is 0 Å². The van der Waals surface area contributed by atoms with E-state index in [4.69, 9.17) is 4.74 Å². The number of rotatable bonds is 5. The topological polar surface area (TPSA) is 32.7 Å². The van der Waals surface area contributed by atoms with Gasteiger partial charge in [-0.25, -0.2) is 0 Å². The smallest absolute Gasteiger partial charge is 0.119 e. The van der Waals surface area contributed by atoms with Crippen molar-refractivity contribution in [1.29, 1.82) is 0 Å². The summed E-state index contributed by atoms with van der Waals surface area (Å²) in [6.07, 6.45) is 1.71. The van der Waals surface area contributed by atoms with Gasteiger partial charge in [0.2, 0.25) is 0 Å². The Hall–Kier alpha value is -1.06. The van der Waals surface area contributed by atoms with Crippen molar-refractivity contribution < 1.29 is 9.84 Å². The number of hydrogen-bond donors (Lipinski definition) is 1. The van der Waals surface area contributed by atoms with Gasteiger partial charge in [-0.15, -0.1) is 0 Å². The highest BCUT2D eigenvalue weighted by Crippen LogP contribution is 2.24. The van der Waals surface area contributed by atoms with E-state index in [1.807, 2.05) is 6.92 Å². The van der Waals surface area contributed by atoms with Crippen molar-refractivity contribution in [3.8, 4) is 5.75 Å². The van der Waals surface area contributed by atoms with Gasteiger partial charge in [-0.1, -0.05) is 19.9 Å². The molecule has 0 spiro atoms. The Bertz CT molecular complexity index is 458. The van der Waals surface area contributed by atoms with Crippen molar-refractivity contribution in [2.24, 2.45) is 0 Å². The molecule has 1 N–H and O–H groups in total. The van der Waals surface area contributed by atoms with Crippen LogP contribution >= 0.6 is 0 Å². The number of aryl methyl sites for hydroxylation is 1. The standard InChI is InChI=1S/C18H29NO2/c1-14(2)17-6-5-16(13-15(17)3)21-12-11-19-9-7-18(4,20)8-10-19/h5-6,13-14,20H,7-12H2,1-4H3. The monoisotopic (exact) mass is 291 g/mol. The lowest BCUT2D eigenvalue weighted by Gasteiger charge is -2.35. The quantitative estimate of drug-likeness (QED) is 0.903. The van der Waals surface area contributed by atoms with Gasteiger partial charge in [0.1, 0.15) is 12.4 Å². The molecule has 0 atom stereocenters. The van der Waals surface area contributed by atoms with Crippen molar-refractivity contribution in [2.45, 2.75) is 52.1 Å². The van der Waals surface area contributed by atoms with Gasteiger partial charge in [0.05, 0.1) is 5.60 Å². The molecular formula is C18H29NO2. The van der Waals surface area contributed by atoms with Crippen LogP contribution in [0.4, 0.5) is 0 Å². The van der Waals surface area contributed by atoms with E-state index >= 15 is 0 Å². The summed E-state index contributed by atoms with van der Waals surface area (Å²) >= 11 is 0. The van der Waals surface area contributed by atoms with Crippen LogP contribution in [-0.4, -0.2) is 41.8 Å². The van der Waals surface area contributed by atoms with Crippen LogP contribution in [0.15, 0.2) is 18.2 Å². The number of aliphatic hydroxyl groups is 1.